The standard InChI is InChI=1S/C17H29ClO3/c1-16(2)11-5-6-17(16,3)14(9-11)21-13-10-12(18)15(13)20-8-7-19-4/h11-15H,5-10H2,1-4H3. The van der Waals surface area contributed by atoms with Gasteiger partial charge in [-0.3, -0.25) is 0 Å². The Hall–Kier alpha value is 0.170. The first-order valence-electron chi connectivity index (χ1n) is 8.30. The van der Waals surface area contributed by atoms with E-state index in [0.717, 1.165) is 12.3 Å². The first-order valence-corrected chi connectivity index (χ1v) is 8.74. The molecule has 0 N–H and O–H groups in total. The number of hydrogen-bond donors (Lipinski definition) is 0. The van der Waals surface area contributed by atoms with Gasteiger partial charge in [-0.25, -0.2) is 0 Å². The summed E-state index contributed by atoms with van der Waals surface area (Å²) in [5, 5.41) is 0.0891. The molecule has 6 atom stereocenters. The van der Waals surface area contributed by atoms with E-state index in [1.165, 1.54) is 19.3 Å². The molecule has 0 amide bonds. The van der Waals surface area contributed by atoms with Crippen molar-refractivity contribution in [3.05, 3.63) is 0 Å². The van der Waals surface area contributed by atoms with Gasteiger partial charge in [-0.05, 0) is 42.4 Å². The molecule has 3 aliphatic carbocycles. The number of fused-ring (bicyclic) bond motifs is 2. The van der Waals surface area contributed by atoms with Crippen molar-refractivity contribution in [2.75, 3.05) is 20.3 Å². The van der Waals surface area contributed by atoms with Crippen LogP contribution in [-0.4, -0.2) is 44.0 Å². The zero-order chi connectivity index (χ0) is 15.3. The lowest BCUT2D eigenvalue weighted by atomic mass is 9.70. The number of ether oxygens (including phenoxy) is 3. The lowest BCUT2D eigenvalue weighted by molar-refractivity contribution is -0.177. The highest BCUT2D eigenvalue weighted by Crippen LogP contribution is 2.66. The zero-order valence-corrected chi connectivity index (χ0v) is 14.5. The van der Waals surface area contributed by atoms with Crippen LogP contribution in [-0.2, 0) is 14.2 Å². The Kier molecular flexibility index (Phi) is 4.33. The maximum Gasteiger partial charge on any atom is 0.100 e. The van der Waals surface area contributed by atoms with Crippen molar-refractivity contribution in [2.24, 2.45) is 16.7 Å². The summed E-state index contributed by atoms with van der Waals surface area (Å²) in [7, 11) is 1.69. The van der Waals surface area contributed by atoms with E-state index in [-0.39, 0.29) is 17.6 Å². The summed E-state index contributed by atoms with van der Waals surface area (Å²) in [6, 6.07) is 0. The molecule has 2 bridgehead atoms. The molecule has 0 heterocycles. The fraction of sp³-hybridized carbons (Fsp3) is 1.00. The number of halogens is 1. The summed E-state index contributed by atoms with van der Waals surface area (Å²) in [6.07, 6.45) is 5.35. The highest BCUT2D eigenvalue weighted by atomic mass is 35.5. The van der Waals surface area contributed by atoms with Gasteiger partial charge >= 0.3 is 0 Å². The molecule has 0 radical (unpaired) electrons. The zero-order valence-electron chi connectivity index (χ0n) is 13.7. The SMILES string of the molecule is COCCOC1C(Cl)CC1OC1CC2CCC1(C)C2(C)C. The second kappa shape index (κ2) is 5.67. The van der Waals surface area contributed by atoms with Gasteiger partial charge in [0.1, 0.15) is 6.10 Å². The predicted molar refractivity (Wildman–Crippen MR) is 83.8 cm³/mol. The van der Waals surface area contributed by atoms with E-state index in [9.17, 15) is 0 Å². The van der Waals surface area contributed by atoms with Crippen molar-refractivity contribution < 1.29 is 14.2 Å². The van der Waals surface area contributed by atoms with Gasteiger partial charge in [0, 0.05) is 7.11 Å². The average molecular weight is 317 g/mol. The predicted octanol–water partition coefficient (Wildman–Crippen LogP) is 3.63. The maximum absolute atomic E-state index is 6.48. The van der Waals surface area contributed by atoms with E-state index < -0.39 is 0 Å². The first kappa shape index (κ1) is 16.0. The summed E-state index contributed by atoms with van der Waals surface area (Å²) in [6.45, 7) is 8.48. The molecule has 0 spiro atoms. The number of alkyl halides is 1. The summed E-state index contributed by atoms with van der Waals surface area (Å²) >= 11 is 6.30. The molecular formula is C17H29ClO3. The minimum Gasteiger partial charge on any atom is -0.382 e. The minimum absolute atomic E-state index is 0.0349. The van der Waals surface area contributed by atoms with Crippen molar-refractivity contribution in [3.63, 3.8) is 0 Å². The van der Waals surface area contributed by atoms with E-state index in [0.29, 0.717) is 30.1 Å². The monoisotopic (exact) mass is 316 g/mol. The Morgan fingerprint density at radius 3 is 2.43 bits per heavy atom. The molecule has 0 aromatic heterocycles. The molecule has 122 valence electrons. The molecule has 0 aliphatic heterocycles. The Morgan fingerprint density at radius 1 is 1.14 bits per heavy atom. The molecular weight excluding hydrogens is 288 g/mol. The highest BCUT2D eigenvalue weighted by Gasteiger charge is 2.63. The molecule has 3 fully saturated rings. The molecule has 0 aromatic rings. The largest absolute Gasteiger partial charge is 0.382 e. The molecule has 0 saturated heterocycles. The quantitative estimate of drug-likeness (QED) is 0.553. The van der Waals surface area contributed by atoms with Gasteiger partial charge in [0.05, 0.1) is 30.8 Å². The van der Waals surface area contributed by atoms with Gasteiger partial charge in [0.2, 0.25) is 0 Å². The van der Waals surface area contributed by atoms with Crippen LogP contribution in [0.25, 0.3) is 0 Å². The lowest BCUT2D eigenvalue weighted by Gasteiger charge is -2.46. The Bertz CT molecular complexity index is 386. The first-order chi connectivity index (χ1) is 9.90. The smallest absolute Gasteiger partial charge is 0.100 e. The van der Waals surface area contributed by atoms with Crippen LogP contribution in [0.15, 0.2) is 0 Å². The van der Waals surface area contributed by atoms with Crippen molar-refractivity contribution >= 4 is 11.6 Å². The molecule has 3 aliphatic rings. The summed E-state index contributed by atoms with van der Waals surface area (Å²) in [5.74, 6) is 0.812. The number of rotatable bonds is 6. The van der Waals surface area contributed by atoms with Gasteiger partial charge in [0.15, 0.2) is 0 Å². The fourth-order valence-electron chi connectivity index (χ4n) is 4.69. The highest BCUT2D eigenvalue weighted by molar-refractivity contribution is 6.21. The third kappa shape index (κ3) is 2.45. The molecule has 3 nitrogen and oxygen atoms in total. The van der Waals surface area contributed by atoms with Gasteiger partial charge in [-0.15, -0.1) is 11.6 Å². The van der Waals surface area contributed by atoms with E-state index in [1.54, 1.807) is 7.11 Å². The van der Waals surface area contributed by atoms with E-state index in [4.69, 9.17) is 25.8 Å². The third-order valence-corrected chi connectivity index (χ3v) is 7.26. The number of methoxy groups -OCH3 is 1. The van der Waals surface area contributed by atoms with Crippen molar-refractivity contribution in [3.8, 4) is 0 Å². The van der Waals surface area contributed by atoms with Gasteiger partial charge in [-0.2, -0.15) is 0 Å². The van der Waals surface area contributed by atoms with Crippen LogP contribution < -0.4 is 0 Å². The van der Waals surface area contributed by atoms with Crippen LogP contribution >= 0.6 is 11.6 Å². The average Bonchev–Trinajstić information content (AvgIpc) is 2.76. The van der Waals surface area contributed by atoms with Crippen LogP contribution in [0.3, 0.4) is 0 Å². The molecule has 4 heteroatoms. The molecule has 21 heavy (non-hydrogen) atoms. The molecule has 3 rings (SSSR count). The van der Waals surface area contributed by atoms with E-state index in [2.05, 4.69) is 20.8 Å². The van der Waals surface area contributed by atoms with Crippen molar-refractivity contribution in [1.82, 2.24) is 0 Å². The molecule has 6 unspecified atom stereocenters. The van der Waals surface area contributed by atoms with Crippen LogP contribution in [0.4, 0.5) is 0 Å². The van der Waals surface area contributed by atoms with Crippen LogP contribution in [0.2, 0.25) is 0 Å². The van der Waals surface area contributed by atoms with E-state index >= 15 is 0 Å². The van der Waals surface area contributed by atoms with Gasteiger partial charge < -0.3 is 14.2 Å². The second-order valence-electron chi connectivity index (χ2n) is 7.85. The second-order valence-corrected chi connectivity index (χ2v) is 8.41. The molecule has 3 saturated carbocycles. The normalized spacial score (nSPS) is 47.6. The number of hydrogen-bond acceptors (Lipinski definition) is 3. The summed E-state index contributed by atoms with van der Waals surface area (Å²) in [4.78, 5) is 0. The van der Waals surface area contributed by atoms with Crippen LogP contribution in [0.5, 0.6) is 0 Å². The van der Waals surface area contributed by atoms with Crippen molar-refractivity contribution in [2.45, 2.75) is 70.1 Å². The summed E-state index contributed by atoms with van der Waals surface area (Å²) in [5.41, 5.74) is 0.709. The maximum atomic E-state index is 6.48. The lowest BCUT2D eigenvalue weighted by Crippen LogP contribution is -2.54. The van der Waals surface area contributed by atoms with Gasteiger partial charge in [0.25, 0.3) is 0 Å². The Balaban J connectivity index is 1.58. The summed E-state index contributed by atoms with van der Waals surface area (Å²) < 4.78 is 17.4. The van der Waals surface area contributed by atoms with Crippen LogP contribution in [0.1, 0.15) is 46.5 Å². The minimum atomic E-state index is 0.0349. The van der Waals surface area contributed by atoms with Crippen molar-refractivity contribution in [1.29, 1.82) is 0 Å². The topological polar surface area (TPSA) is 27.7 Å². The fourth-order valence-corrected chi connectivity index (χ4v) is 5.10. The third-order valence-electron chi connectivity index (χ3n) is 6.83. The van der Waals surface area contributed by atoms with Gasteiger partial charge in [-0.1, -0.05) is 20.8 Å². The van der Waals surface area contributed by atoms with Crippen LogP contribution in [0, 0.1) is 16.7 Å². The van der Waals surface area contributed by atoms with E-state index in [1.807, 2.05) is 0 Å². The Labute approximate surface area is 133 Å². The molecule has 0 aromatic carbocycles. The Morgan fingerprint density at radius 2 is 1.90 bits per heavy atom.